The smallest absolute Gasteiger partial charge is 0.207 e. The van der Waals surface area contributed by atoms with Gasteiger partial charge in [0.25, 0.3) is 0 Å². The van der Waals surface area contributed by atoms with Gasteiger partial charge in [0.15, 0.2) is 12.2 Å². The highest BCUT2D eigenvalue weighted by atomic mass is 16.7. The summed E-state index contributed by atoms with van der Waals surface area (Å²) in [5.41, 5.74) is 0. The van der Waals surface area contributed by atoms with Crippen molar-refractivity contribution in [3.05, 3.63) is 0 Å². The van der Waals surface area contributed by atoms with Gasteiger partial charge < -0.3 is 14.2 Å². The Morgan fingerprint density at radius 1 is 1.40 bits per heavy atom. The van der Waals surface area contributed by atoms with Gasteiger partial charge in [0.05, 0.1) is 6.61 Å². The number of ether oxygens (including phenoxy) is 3. The van der Waals surface area contributed by atoms with Gasteiger partial charge >= 0.3 is 0 Å². The predicted octanol–water partition coefficient (Wildman–Crippen LogP) is 0.950. The van der Waals surface area contributed by atoms with Gasteiger partial charge in [-0.25, -0.2) is 0 Å². The summed E-state index contributed by atoms with van der Waals surface area (Å²) in [4.78, 5) is 0. The van der Waals surface area contributed by atoms with E-state index >= 15 is 0 Å². The molecule has 0 heterocycles. The van der Waals surface area contributed by atoms with Gasteiger partial charge in [0.1, 0.15) is 0 Å². The van der Waals surface area contributed by atoms with Crippen molar-refractivity contribution in [1.29, 1.82) is 0 Å². The first-order valence-electron chi connectivity index (χ1n) is 3.11. The summed E-state index contributed by atoms with van der Waals surface area (Å²) in [6.07, 6.45) is 4.39. The summed E-state index contributed by atoms with van der Waals surface area (Å²) >= 11 is 0. The van der Waals surface area contributed by atoms with Crippen LogP contribution in [0.5, 0.6) is 0 Å². The highest BCUT2D eigenvalue weighted by Crippen LogP contribution is 1.86. The number of rotatable bonds is 3. The van der Waals surface area contributed by atoms with Crippen molar-refractivity contribution in [1.82, 2.24) is 0 Å². The van der Waals surface area contributed by atoms with E-state index in [4.69, 9.17) is 9.47 Å². The van der Waals surface area contributed by atoms with Gasteiger partial charge in [-0.1, -0.05) is 0 Å². The summed E-state index contributed by atoms with van der Waals surface area (Å²) in [7, 11) is 1.55. The molecular formula is C7H12O3. The molecule has 0 aromatic rings. The molecule has 3 heteroatoms. The van der Waals surface area contributed by atoms with E-state index in [1.807, 2.05) is 6.92 Å². The summed E-state index contributed by atoms with van der Waals surface area (Å²) in [6, 6.07) is 0. The number of hydrogen-bond acceptors (Lipinski definition) is 3. The third-order valence-electron chi connectivity index (χ3n) is 0.815. The van der Waals surface area contributed by atoms with E-state index in [2.05, 4.69) is 16.9 Å². The van der Waals surface area contributed by atoms with Crippen LogP contribution in [0.4, 0.5) is 0 Å². The molecule has 1 unspecified atom stereocenters. The molecule has 0 spiro atoms. The maximum atomic E-state index is 4.78. The Morgan fingerprint density at radius 3 is 2.60 bits per heavy atom. The standard InChI is InChI=1S/C7H12O3/c1-4-9-5-6-10-7(2)8-3/h7H,4H2,1-3H3. The van der Waals surface area contributed by atoms with Gasteiger partial charge in [-0.15, -0.1) is 0 Å². The fourth-order valence-electron chi connectivity index (χ4n) is 0.257. The molecule has 0 amide bonds. The monoisotopic (exact) mass is 144 g/mol. The fourth-order valence-corrected chi connectivity index (χ4v) is 0.257. The summed E-state index contributed by atoms with van der Waals surface area (Å²) in [5, 5.41) is 0. The SMILES string of the molecule is CCOC#COC(C)OC. The lowest BCUT2D eigenvalue weighted by atomic mass is 10.8. The van der Waals surface area contributed by atoms with Crippen LogP contribution in [0.3, 0.4) is 0 Å². The van der Waals surface area contributed by atoms with Crippen molar-refractivity contribution >= 4 is 0 Å². The topological polar surface area (TPSA) is 27.7 Å². The third-order valence-corrected chi connectivity index (χ3v) is 0.815. The van der Waals surface area contributed by atoms with Crippen LogP contribution >= 0.6 is 0 Å². The zero-order valence-corrected chi connectivity index (χ0v) is 6.51. The van der Waals surface area contributed by atoms with Gasteiger partial charge in [-0.05, 0) is 13.8 Å². The van der Waals surface area contributed by atoms with E-state index < -0.39 is 0 Å². The second kappa shape index (κ2) is 6.24. The lowest BCUT2D eigenvalue weighted by Gasteiger charge is -2.03. The van der Waals surface area contributed by atoms with Crippen molar-refractivity contribution in [2.45, 2.75) is 20.1 Å². The minimum Gasteiger partial charge on any atom is -0.445 e. The van der Waals surface area contributed by atoms with Crippen LogP contribution in [0.25, 0.3) is 0 Å². The molecule has 10 heavy (non-hydrogen) atoms. The van der Waals surface area contributed by atoms with Gasteiger partial charge in [0.2, 0.25) is 6.29 Å². The normalized spacial score (nSPS) is 11.1. The molecule has 0 radical (unpaired) electrons. The Morgan fingerprint density at radius 2 is 2.10 bits per heavy atom. The Bertz CT molecular complexity index is 123. The average molecular weight is 144 g/mol. The van der Waals surface area contributed by atoms with Crippen LogP contribution in [0.15, 0.2) is 0 Å². The Kier molecular flexibility index (Phi) is 5.69. The number of methoxy groups -OCH3 is 1. The quantitative estimate of drug-likeness (QED) is 0.436. The van der Waals surface area contributed by atoms with Crippen molar-refractivity contribution in [3.8, 4) is 12.2 Å². The van der Waals surface area contributed by atoms with Crippen molar-refractivity contribution in [2.24, 2.45) is 0 Å². The zero-order valence-electron chi connectivity index (χ0n) is 6.51. The van der Waals surface area contributed by atoms with Crippen LogP contribution in [0.1, 0.15) is 13.8 Å². The van der Waals surface area contributed by atoms with Gasteiger partial charge in [-0.3, -0.25) is 0 Å². The van der Waals surface area contributed by atoms with E-state index in [1.165, 1.54) is 0 Å². The molecule has 0 bridgehead atoms. The first-order valence-corrected chi connectivity index (χ1v) is 3.11. The molecule has 0 aromatic heterocycles. The average Bonchev–Trinajstić information content (AvgIpc) is 1.98. The second-order valence-electron chi connectivity index (χ2n) is 1.56. The molecule has 0 fully saturated rings. The van der Waals surface area contributed by atoms with Crippen molar-refractivity contribution in [2.75, 3.05) is 13.7 Å². The van der Waals surface area contributed by atoms with Crippen LogP contribution in [0, 0.1) is 12.2 Å². The molecule has 0 saturated carbocycles. The molecule has 3 nitrogen and oxygen atoms in total. The molecule has 0 rings (SSSR count). The van der Waals surface area contributed by atoms with Gasteiger partial charge in [-0.2, -0.15) is 0 Å². The highest BCUT2D eigenvalue weighted by Gasteiger charge is 1.92. The Labute approximate surface area is 61.3 Å². The van der Waals surface area contributed by atoms with Crippen molar-refractivity contribution < 1.29 is 14.2 Å². The van der Waals surface area contributed by atoms with E-state index in [1.54, 1.807) is 14.0 Å². The Hall–Kier alpha value is -0.880. The molecular weight excluding hydrogens is 132 g/mol. The maximum Gasteiger partial charge on any atom is 0.207 e. The molecule has 0 aromatic carbocycles. The van der Waals surface area contributed by atoms with Crippen LogP contribution in [0.2, 0.25) is 0 Å². The minimum atomic E-state index is -0.298. The van der Waals surface area contributed by atoms with Crippen LogP contribution in [-0.2, 0) is 14.2 Å². The first-order chi connectivity index (χ1) is 4.81. The summed E-state index contributed by atoms with van der Waals surface area (Å²) in [6.45, 7) is 4.17. The van der Waals surface area contributed by atoms with Crippen LogP contribution in [-0.4, -0.2) is 20.0 Å². The Balaban J connectivity index is 3.26. The molecule has 58 valence electrons. The highest BCUT2D eigenvalue weighted by molar-refractivity contribution is 4.80. The fraction of sp³-hybridized carbons (Fsp3) is 0.714. The largest absolute Gasteiger partial charge is 0.445 e. The van der Waals surface area contributed by atoms with E-state index in [-0.39, 0.29) is 6.29 Å². The van der Waals surface area contributed by atoms with Crippen LogP contribution < -0.4 is 0 Å². The minimum absolute atomic E-state index is 0.298. The molecule has 1 atom stereocenters. The van der Waals surface area contributed by atoms with Crippen molar-refractivity contribution in [3.63, 3.8) is 0 Å². The molecule has 0 aliphatic heterocycles. The lowest BCUT2D eigenvalue weighted by molar-refractivity contribution is -0.0586. The molecule has 0 aliphatic rings. The molecule has 0 N–H and O–H groups in total. The van der Waals surface area contributed by atoms with E-state index in [0.29, 0.717) is 6.61 Å². The first kappa shape index (κ1) is 9.12. The lowest BCUT2D eigenvalue weighted by Crippen LogP contribution is -2.05. The second-order valence-corrected chi connectivity index (χ2v) is 1.56. The summed E-state index contributed by atoms with van der Waals surface area (Å²) < 4.78 is 14.2. The van der Waals surface area contributed by atoms with E-state index in [9.17, 15) is 0 Å². The molecule has 0 aliphatic carbocycles. The summed E-state index contributed by atoms with van der Waals surface area (Å²) in [5.74, 6) is 0. The number of hydrogen-bond donors (Lipinski definition) is 0. The zero-order chi connectivity index (χ0) is 7.82. The molecule has 0 saturated heterocycles. The maximum absolute atomic E-state index is 4.78. The third kappa shape index (κ3) is 5.26. The van der Waals surface area contributed by atoms with E-state index in [0.717, 1.165) is 0 Å². The van der Waals surface area contributed by atoms with Gasteiger partial charge in [0, 0.05) is 7.11 Å². The predicted molar refractivity (Wildman–Crippen MR) is 37.0 cm³/mol.